The second-order valence-corrected chi connectivity index (χ2v) is 2.15. The molecule has 1 aliphatic heterocycles. The van der Waals surface area contributed by atoms with Crippen LogP contribution in [0.2, 0.25) is 0 Å². The molecule has 65 valence electrons. The van der Waals surface area contributed by atoms with Gasteiger partial charge in [-0.15, -0.1) is 0 Å². The first kappa shape index (κ1) is 8.64. The smallest absolute Gasteiger partial charge is 0.343 e. The van der Waals surface area contributed by atoms with Gasteiger partial charge in [0, 0.05) is 0 Å². The first-order chi connectivity index (χ1) is 5.75. The Morgan fingerprint density at radius 2 is 2.50 bits per heavy atom. The van der Waals surface area contributed by atoms with E-state index in [1.807, 2.05) is 0 Å². The maximum absolute atomic E-state index is 11.1. The molecule has 0 saturated carbocycles. The molecule has 4 heteroatoms. The van der Waals surface area contributed by atoms with E-state index in [2.05, 4.69) is 10.1 Å². The third kappa shape index (κ3) is 1.78. The predicted molar refractivity (Wildman–Crippen MR) is 42.9 cm³/mol. The third-order valence-corrected chi connectivity index (χ3v) is 1.31. The van der Waals surface area contributed by atoms with Crippen LogP contribution < -0.4 is 5.32 Å². The number of ether oxygens (including phenoxy) is 1. The third-order valence-electron chi connectivity index (χ3n) is 1.31. The van der Waals surface area contributed by atoms with E-state index in [4.69, 9.17) is 0 Å². The zero-order chi connectivity index (χ0) is 8.97. The van der Waals surface area contributed by atoms with Crippen molar-refractivity contribution in [2.24, 2.45) is 0 Å². The lowest BCUT2D eigenvalue weighted by Crippen LogP contribution is -2.29. The molecule has 0 spiro atoms. The Kier molecular flexibility index (Phi) is 2.74. The molecular formula is C8H10NO3. The Hall–Kier alpha value is -1.45. The molecule has 0 saturated heterocycles. The molecule has 0 amide bonds. The minimum Gasteiger partial charge on any atom is -0.509 e. The summed E-state index contributed by atoms with van der Waals surface area (Å²) in [6.07, 6.45) is 4.56. The number of allylic oxidation sites excluding steroid dienone is 2. The van der Waals surface area contributed by atoms with Crippen LogP contribution in [-0.2, 0) is 9.53 Å². The zero-order valence-electron chi connectivity index (χ0n) is 6.70. The summed E-state index contributed by atoms with van der Waals surface area (Å²) in [6.45, 7) is 2.00. The van der Waals surface area contributed by atoms with Crippen LogP contribution in [0, 0.1) is 6.04 Å². The number of rotatable bonds is 2. The van der Waals surface area contributed by atoms with Crippen LogP contribution in [0.3, 0.4) is 0 Å². The van der Waals surface area contributed by atoms with Gasteiger partial charge in [0.1, 0.15) is 5.76 Å². The van der Waals surface area contributed by atoms with E-state index < -0.39 is 5.97 Å². The first-order valence-corrected chi connectivity index (χ1v) is 3.62. The lowest BCUT2D eigenvalue weighted by atomic mass is 10.2. The SMILES string of the molecule is CCOC(=O)[C]1NC=CC=C1O. The van der Waals surface area contributed by atoms with Crippen LogP contribution in [0.15, 0.2) is 24.1 Å². The molecule has 1 aliphatic rings. The Morgan fingerprint density at radius 3 is 3.08 bits per heavy atom. The lowest BCUT2D eigenvalue weighted by molar-refractivity contribution is -0.141. The Balaban J connectivity index is 2.58. The molecule has 1 radical (unpaired) electrons. The van der Waals surface area contributed by atoms with Crippen LogP contribution >= 0.6 is 0 Å². The number of esters is 1. The van der Waals surface area contributed by atoms with E-state index in [0.717, 1.165) is 0 Å². The zero-order valence-corrected chi connectivity index (χ0v) is 6.70. The molecule has 0 aromatic carbocycles. The quantitative estimate of drug-likeness (QED) is 0.594. The summed E-state index contributed by atoms with van der Waals surface area (Å²) in [7, 11) is 0. The van der Waals surface area contributed by atoms with Gasteiger partial charge >= 0.3 is 5.97 Å². The van der Waals surface area contributed by atoms with E-state index in [1.54, 1.807) is 19.2 Å². The molecule has 0 aromatic rings. The van der Waals surface area contributed by atoms with Gasteiger partial charge in [-0.25, -0.2) is 4.79 Å². The van der Waals surface area contributed by atoms with Gasteiger partial charge < -0.3 is 15.2 Å². The van der Waals surface area contributed by atoms with E-state index >= 15 is 0 Å². The summed E-state index contributed by atoms with van der Waals surface area (Å²) in [5.74, 6) is -0.647. The number of carbonyl (C=O) groups is 1. The second-order valence-electron chi connectivity index (χ2n) is 2.15. The maximum atomic E-state index is 11.1. The number of dihydropyridines is 1. The predicted octanol–water partition coefficient (Wildman–Crippen LogP) is 0.640. The highest BCUT2D eigenvalue weighted by Crippen LogP contribution is 2.12. The van der Waals surface area contributed by atoms with Crippen LogP contribution in [-0.4, -0.2) is 17.7 Å². The number of carbonyl (C=O) groups excluding carboxylic acids is 1. The molecule has 0 aliphatic carbocycles. The topological polar surface area (TPSA) is 58.6 Å². The fourth-order valence-electron chi connectivity index (χ4n) is 0.795. The molecule has 0 unspecified atom stereocenters. The number of nitrogens with one attached hydrogen (secondary N) is 1. The van der Waals surface area contributed by atoms with E-state index in [9.17, 15) is 9.90 Å². The van der Waals surface area contributed by atoms with Gasteiger partial charge in [0.05, 0.1) is 6.61 Å². The largest absolute Gasteiger partial charge is 0.509 e. The van der Waals surface area contributed by atoms with E-state index in [1.165, 1.54) is 6.08 Å². The van der Waals surface area contributed by atoms with Gasteiger partial charge in [-0.05, 0) is 25.3 Å². The van der Waals surface area contributed by atoms with Crippen molar-refractivity contribution in [3.8, 4) is 0 Å². The number of aliphatic hydroxyl groups is 1. The minimum absolute atomic E-state index is 0.0827. The minimum atomic E-state index is -0.546. The van der Waals surface area contributed by atoms with Gasteiger partial charge in [0.25, 0.3) is 0 Å². The molecule has 12 heavy (non-hydrogen) atoms. The van der Waals surface area contributed by atoms with E-state index in [0.29, 0.717) is 6.61 Å². The van der Waals surface area contributed by atoms with Crippen LogP contribution in [0.5, 0.6) is 0 Å². The molecule has 0 atom stereocenters. The highest BCUT2D eigenvalue weighted by atomic mass is 16.5. The van der Waals surface area contributed by atoms with Crippen molar-refractivity contribution in [1.82, 2.24) is 5.32 Å². The summed E-state index contributed by atoms with van der Waals surface area (Å²) >= 11 is 0. The van der Waals surface area contributed by atoms with Crippen molar-refractivity contribution in [2.45, 2.75) is 6.92 Å². The average molecular weight is 168 g/mol. The highest BCUT2D eigenvalue weighted by Gasteiger charge is 2.25. The summed E-state index contributed by atoms with van der Waals surface area (Å²) in [6, 6.07) is 0.0827. The summed E-state index contributed by atoms with van der Waals surface area (Å²) in [4.78, 5) is 11.1. The van der Waals surface area contributed by atoms with Gasteiger partial charge in [-0.2, -0.15) is 0 Å². The van der Waals surface area contributed by atoms with Crippen LogP contribution in [0.25, 0.3) is 0 Å². The molecule has 0 bridgehead atoms. The van der Waals surface area contributed by atoms with Crippen molar-refractivity contribution in [2.75, 3.05) is 6.61 Å². The fraction of sp³-hybridized carbons (Fsp3) is 0.250. The number of hydrogen-bond donors (Lipinski definition) is 2. The normalized spacial score (nSPS) is 16.6. The van der Waals surface area contributed by atoms with Crippen molar-refractivity contribution in [3.63, 3.8) is 0 Å². The van der Waals surface area contributed by atoms with E-state index in [-0.39, 0.29) is 11.8 Å². The Morgan fingerprint density at radius 1 is 1.75 bits per heavy atom. The van der Waals surface area contributed by atoms with Crippen molar-refractivity contribution in [1.29, 1.82) is 0 Å². The fourth-order valence-corrected chi connectivity index (χ4v) is 0.795. The first-order valence-electron chi connectivity index (χ1n) is 3.62. The number of hydrogen-bond acceptors (Lipinski definition) is 4. The summed E-state index contributed by atoms with van der Waals surface area (Å²) in [5.41, 5.74) is 0. The monoisotopic (exact) mass is 168 g/mol. The molecule has 4 nitrogen and oxygen atoms in total. The molecule has 1 heterocycles. The molecule has 2 N–H and O–H groups in total. The molecule has 0 aromatic heterocycles. The second kappa shape index (κ2) is 3.80. The van der Waals surface area contributed by atoms with Crippen molar-refractivity contribution < 1.29 is 14.6 Å². The van der Waals surface area contributed by atoms with Crippen molar-refractivity contribution >= 4 is 5.97 Å². The average Bonchev–Trinajstić information content (AvgIpc) is 2.05. The van der Waals surface area contributed by atoms with Gasteiger partial charge in [0.2, 0.25) is 6.04 Å². The molecule has 0 fully saturated rings. The summed E-state index contributed by atoms with van der Waals surface area (Å²) < 4.78 is 4.68. The maximum Gasteiger partial charge on any atom is 0.343 e. The Labute approximate surface area is 70.5 Å². The van der Waals surface area contributed by atoms with Gasteiger partial charge in [-0.3, -0.25) is 0 Å². The summed E-state index contributed by atoms with van der Waals surface area (Å²) in [5, 5.41) is 11.8. The van der Waals surface area contributed by atoms with Crippen LogP contribution in [0.1, 0.15) is 6.92 Å². The van der Waals surface area contributed by atoms with Crippen molar-refractivity contribution in [3.05, 3.63) is 30.2 Å². The lowest BCUT2D eigenvalue weighted by Gasteiger charge is -2.15. The van der Waals surface area contributed by atoms with Gasteiger partial charge in [-0.1, -0.05) is 0 Å². The van der Waals surface area contributed by atoms with Gasteiger partial charge in [0.15, 0.2) is 0 Å². The Bertz CT molecular complexity index is 232. The standard InChI is InChI=1S/C8H10NO3/c1-2-12-8(11)7-6(10)4-3-5-9-7/h3-5,9-10H,2H2,1H3. The molecule has 1 rings (SSSR count). The van der Waals surface area contributed by atoms with Crippen LogP contribution in [0.4, 0.5) is 0 Å². The number of aliphatic hydroxyl groups excluding tert-OH is 1. The highest BCUT2D eigenvalue weighted by molar-refractivity contribution is 5.88. The molecular weight excluding hydrogens is 158 g/mol.